The summed E-state index contributed by atoms with van der Waals surface area (Å²) in [6, 6.07) is 1.50. The zero-order valence-corrected chi connectivity index (χ0v) is 15.4. The van der Waals surface area contributed by atoms with Gasteiger partial charge in [-0.1, -0.05) is 16.9 Å². The van der Waals surface area contributed by atoms with Crippen molar-refractivity contribution in [3.8, 4) is 0 Å². The van der Waals surface area contributed by atoms with Crippen molar-refractivity contribution in [3.05, 3.63) is 17.4 Å². The number of benzene rings is 1. The topological polar surface area (TPSA) is 96.1 Å². The second-order valence-electron chi connectivity index (χ2n) is 6.56. The Morgan fingerprint density at radius 2 is 2.30 bits per heavy atom. The molecule has 2 aromatic rings. The van der Waals surface area contributed by atoms with Crippen LogP contribution in [0.25, 0.3) is 11.0 Å². The molecule has 2 aliphatic heterocycles. The molecule has 2 saturated heterocycles. The fourth-order valence-corrected chi connectivity index (χ4v) is 4.32. The van der Waals surface area contributed by atoms with Gasteiger partial charge in [0.2, 0.25) is 5.58 Å². The zero-order valence-electron chi connectivity index (χ0n) is 14.6. The van der Waals surface area contributed by atoms with Crippen molar-refractivity contribution in [2.45, 2.75) is 18.3 Å². The highest BCUT2D eigenvalue weighted by atomic mass is 32.2. The molecule has 0 saturated carbocycles. The van der Waals surface area contributed by atoms with Crippen molar-refractivity contribution in [1.82, 2.24) is 5.16 Å². The van der Waals surface area contributed by atoms with Crippen LogP contribution in [0, 0.1) is 5.82 Å². The van der Waals surface area contributed by atoms with Gasteiger partial charge in [-0.25, -0.2) is 4.39 Å². The smallest absolute Gasteiger partial charge is 0.287 e. The van der Waals surface area contributed by atoms with Gasteiger partial charge in [0.15, 0.2) is 17.9 Å². The Morgan fingerprint density at radius 1 is 1.48 bits per heavy atom. The lowest BCUT2D eigenvalue weighted by Crippen LogP contribution is -2.42. The number of aromatic nitrogens is 1. The number of carbonyl (C=O) groups is 2. The number of thioether (sulfide) groups is 1. The van der Waals surface area contributed by atoms with Crippen LogP contribution >= 0.6 is 11.8 Å². The van der Waals surface area contributed by atoms with Crippen molar-refractivity contribution in [3.63, 3.8) is 0 Å². The number of morpholine rings is 1. The fraction of sp³-hybridized carbons (Fsp3) is 0.471. The number of carbonyl (C=O) groups excluding carboxylic acids is 2. The van der Waals surface area contributed by atoms with Crippen molar-refractivity contribution >= 4 is 45.8 Å². The largest absolute Gasteiger partial charge is 0.395 e. The molecule has 1 aromatic heterocycles. The maximum atomic E-state index is 15.2. The van der Waals surface area contributed by atoms with Gasteiger partial charge in [-0.05, 0) is 13.0 Å². The number of rotatable bonds is 4. The third-order valence-corrected chi connectivity index (χ3v) is 5.76. The first-order chi connectivity index (χ1) is 13.0. The number of aliphatic hydroxyl groups excluding tert-OH is 1. The summed E-state index contributed by atoms with van der Waals surface area (Å²) in [7, 11) is 0. The standard InChI is InChI=1S/C17H18FN3O5S/c1-9-5-20(2-3-25-9)14-10(7-22)4-12-15(13(14)18)26-19-16(12)21-6-11(8-23)27-17(21)24/h4,7,9,11,23H,2-3,5-6,8H2,1H3. The number of amides is 1. The van der Waals surface area contributed by atoms with Crippen molar-refractivity contribution in [2.24, 2.45) is 0 Å². The molecule has 144 valence electrons. The van der Waals surface area contributed by atoms with Crippen LogP contribution in [0.1, 0.15) is 17.3 Å². The van der Waals surface area contributed by atoms with Gasteiger partial charge in [0, 0.05) is 25.2 Å². The van der Waals surface area contributed by atoms with Crippen LogP contribution in [-0.4, -0.2) is 66.0 Å². The Balaban J connectivity index is 1.80. The number of nitrogens with zero attached hydrogens (tertiary/aromatic N) is 3. The van der Waals surface area contributed by atoms with Crippen LogP contribution in [0.4, 0.5) is 20.7 Å². The second kappa shape index (κ2) is 7.10. The third kappa shape index (κ3) is 3.07. The van der Waals surface area contributed by atoms with E-state index in [1.165, 1.54) is 11.0 Å². The van der Waals surface area contributed by atoms with E-state index in [0.717, 1.165) is 11.8 Å². The Bertz CT molecular complexity index is 904. The number of hydrogen-bond acceptors (Lipinski definition) is 8. The number of aldehydes is 1. The Kier molecular flexibility index (Phi) is 4.79. The van der Waals surface area contributed by atoms with Crippen LogP contribution in [-0.2, 0) is 4.74 Å². The molecule has 10 heteroatoms. The average molecular weight is 395 g/mol. The van der Waals surface area contributed by atoms with E-state index in [4.69, 9.17) is 9.26 Å². The summed E-state index contributed by atoms with van der Waals surface area (Å²) in [6.45, 7) is 3.29. The van der Waals surface area contributed by atoms with E-state index in [1.54, 1.807) is 4.90 Å². The predicted octanol–water partition coefficient (Wildman–Crippen LogP) is 2.04. The number of fused-ring (bicyclic) bond motifs is 1. The van der Waals surface area contributed by atoms with Gasteiger partial charge in [0.1, 0.15) is 0 Å². The average Bonchev–Trinajstić information content (AvgIpc) is 3.24. The summed E-state index contributed by atoms with van der Waals surface area (Å²) in [5.41, 5.74) is 0.220. The normalized spacial score (nSPS) is 23.4. The maximum Gasteiger partial charge on any atom is 0.287 e. The first-order valence-corrected chi connectivity index (χ1v) is 9.44. The van der Waals surface area contributed by atoms with Gasteiger partial charge in [-0.2, -0.15) is 0 Å². The maximum absolute atomic E-state index is 15.2. The van der Waals surface area contributed by atoms with E-state index >= 15 is 4.39 Å². The zero-order chi connectivity index (χ0) is 19.1. The molecule has 0 bridgehead atoms. The number of ether oxygens (including phenoxy) is 1. The minimum Gasteiger partial charge on any atom is -0.395 e. The Labute approximate surface area is 158 Å². The molecule has 2 unspecified atom stereocenters. The minimum absolute atomic E-state index is 0.0895. The van der Waals surface area contributed by atoms with Gasteiger partial charge in [0.25, 0.3) is 5.24 Å². The SMILES string of the molecule is CC1CN(c2c(C=O)cc3c(N4CC(CO)SC4=O)noc3c2F)CCO1. The van der Waals surface area contributed by atoms with E-state index in [-0.39, 0.29) is 57.8 Å². The van der Waals surface area contributed by atoms with Crippen LogP contribution in [0.2, 0.25) is 0 Å². The van der Waals surface area contributed by atoms with E-state index < -0.39 is 5.82 Å². The molecule has 0 aliphatic carbocycles. The molecule has 8 nitrogen and oxygen atoms in total. The summed E-state index contributed by atoms with van der Waals surface area (Å²) < 4.78 is 25.9. The molecular weight excluding hydrogens is 377 g/mol. The second-order valence-corrected chi connectivity index (χ2v) is 7.81. The summed E-state index contributed by atoms with van der Waals surface area (Å²) >= 11 is 0.991. The molecule has 4 rings (SSSR count). The molecule has 27 heavy (non-hydrogen) atoms. The number of aliphatic hydroxyl groups is 1. The summed E-state index contributed by atoms with van der Waals surface area (Å²) in [5.74, 6) is -0.525. The first-order valence-electron chi connectivity index (χ1n) is 8.56. The van der Waals surface area contributed by atoms with E-state index in [2.05, 4.69) is 5.16 Å². The van der Waals surface area contributed by atoms with E-state index in [1.807, 2.05) is 6.92 Å². The highest BCUT2D eigenvalue weighted by Crippen LogP contribution is 2.39. The number of halogens is 1. The lowest BCUT2D eigenvalue weighted by atomic mass is 10.1. The molecule has 2 atom stereocenters. The van der Waals surface area contributed by atoms with Gasteiger partial charge in [-0.15, -0.1) is 0 Å². The van der Waals surface area contributed by atoms with Crippen LogP contribution in [0.5, 0.6) is 0 Å². The molecule has 2 aliphatic rings. The lowest BCUT2D eigenvalue weighted by Gasteiger charge is -2.33. The van der Waals surface area contributed by atoms with Crippen LogP contribution < -0.4 is 9.80 Å². The van der Waals surface area contributed by atoms with E-state index in [9.17, 15) is 14.7 Å². The van der Waals surface area contributed by atoms with Crippen molar-refractivity contribution < 1.29 is 28.3 Å². The summed E-state index contributed by atoms with van der Waals surface area (Å²) in [5, 5.41) is 12.8. The third-order valence-electron chi connectivity index (χ3n) is 4.71. The molecule has 0 radical (unpaired) electrons. The van der Waals surface area contributed by atoms with Gasteiger partial charge in [0.05, 0.1) is 35.6 Å². The molecule has 0 spiro atoms. The Morgan fingerprint density at radius 3 is 2.96 bits per heavy atom. The highest BCUT2D eigenvalue weighted by Gasteiger charge is 2.35. The van der Waals surface area contributed by atoms with Crippen LogP contribution in [0.3, 0.4) is 0 Å². The highest BCUT2D eigenvalue weighted by molar-refractivity contribution is 8.14. The van der Waals surface area contributed by atoms with E-state index in [0.29, 0.717) is 26.0 Å². The first kappa shape index (κ1) is 18.2. The molecule has 1 amide bonds. The molecule has 1 aromatic carbocycles. The lowest BCUT2D eigenvalue weighted by molar-refractivity contribution is 0.0529. The molecular formula is C17H18FN3O5S. The quantitative estimate of drug-likeness (QED) is 0.786. The van der Waals surface area contributed by atoms with Crippen LogP contribution in [0.15, 0.2) is 10.6 Å². The monoisotopic (exact) mass is 395 g/mol. The number of hydrogen-bond donors (Lipinski definition) is 1. The summed E-state index contributed by atoms with van der Waals surface area (Å²) in [4.78, 5) is 27.0. The van der Waals surface area contributed by atoms with Crippen molar-refractivity contribution in [2.75, 3.05) is 42.6 Å². The number of anilines is 2. The van der Waals surface area contributed by atoms with Gasteiger partial charge >= 0.3 is 0 Å². The molecule has 2 fully saturated rings. The Hall–Kier alpha value is -2.17. The minimum atomic E-state index is -0.680. The van der Waals surface area contributed by atoms with Gasteiger partial charge < -0.3 is 19.3 Å². The fourth-order valence-electron chi connectivity index (χ4n) is 3.45. The predicted molar refractivity (Wildman–Crippen MR) is 98.2 cm³/mol. The summed E-state index contributed by atoms with van der Waals surface area (Å²) in [6.07, 6.45) is 0.500. The van der Waals surface area contributed by atoms with Gasteiger partial charge in [-0.3, -0.25) is 14.5 Å². The van der Waals surface area contributed by atoms with Crippen molar-refractivity contribution in [1.29, 1.82) is 0 Å². The molecule has 3 heterocycles. The molecule has 1 N–H and O–H groups in total.